The van der Waals surface area contributed by atoms with Gasteiger partial charge in [0, 0.05) is 13.1 Å². The molecule has 1 aromatic carbocycles. The lowest BCUT2D eigenvalue weighted by Crippen LogP contribution is -2.33. The highest BCUT2D eigenvalue weighted by Crippen LogP contribution is 2.27. The number of nitrogens with one attached hydrogen (secondary N) is 1. The Kier molecular flexibility index (Phi) is 5.59. The Labute approximate surface area is 131 Å². The number of fused-ring (bicyclic) bond motifs is 1. The molecule has 2 saturated heterocycles. The van der Waals surface area contributed by atoms with Crippen LogP contribution < -0.4 is 5.32 Å². The molecule has 1 amide bonds. The van der Waals surface area contributed by atoms with Crippen molar-refractivity contribution in [2.75, 3.05) is 26.2 Å². The first kappa shape index (κ1) is 16.2. The number of rotatable bonds is 2. The highest BCUT2D eigenvalue weighted by Gasteiger charge is 2.31. The van der Waals surface area contributed by atoms with Crippen LogP contribution in [0.15, 0.2) is 24.3 Å². The molecule has 1 aromatic rings. The predicted molar refractivity (Wildman–Crippen MR) is 83.0 cm³/mol. The molecule has 5 heteroatoms. The number of nitrogens with zero attached hydrogens (tertiary/aromatic N) is 1. The molecule has 0 unspecified atom stereocenters. The Hall–Kier alpha value is -1.13. The van der Waals surface area contributed by atoms with Crippen LogP contribution in [0.3, 0.4) is 0 Å². The normalized spacial score (nSPS) is 24.9. The third-order valence-corrected chi connectivity index (χ3v) is 4.62. The van der Waals surface area contributed by atoms with Crippen LogP contribution in [0.4, 0.5) is 4.39 Å². The van der Waals surface area contributed by atoms with Gasteiger partial charge in [-0.05, 0) is 55.5 Å². The summed E-state index contributed by atoms with van der Waals surface area (Å²) in [4.78, 5) is 14.3. The fraction of sp³-hybridized carbons (Fsp3) is 0.562. The van der Waals surface area contributed by atoms with Crippen LogP contribution in [0.2, 0.25) is 0 Å². The van der Waals surface area contributed by atoms with Crippen LogP contribution in [0.25, 0.3) is 0 Å². The van der Waals surface area contributed by atoms with Gasteiger partial charge in [-0.3, -0.25) is 4.79 Å². The first-order valence-electron chi connectivity index (χ1n) is 7.45. The van der Waals surface area contributed by atoms with E-state index in [9.17, 15) is 9.18 Å². The summed E-state index contributed by atoms with van der Waals surface area (Å²) in [5, 5.41) is 3.44. The number of hydrogen-bond acceptors (Lipinski definition) is 2. The molecule has 0 aromatic heterocycles. The maximum absolute atomic E-state index is 13.1. The molecule has 3 rings (SSSR count). The molecular formula is C16H22ClFN2O. The van der Waals surface area contributed by atoms with E-state index in [1.165, 1.54) is 12.1 Å². The largest absolute Gasteiger partial charge is 0.342 e. The average molecular weight is 313 g/mol. The van der Waals surface area contributed by atoms with Crippen LogP contribution in [0, 0.1) is 17.7 Å². The summed E-state index contributed by atoms with van der Waals surface area (Å²) in [6, 6.07) is 6.34. The maximum atomic E-state index is 13.1. The number of hydrogen-bond donors (Lipinski definition) is 1. The third-order valence-electron chi connectivity index (χ3n) is 4.62. The van der Waals surface area contributed by atoms with E-state index < -0.39 is 0 Å². The van der Waals surface area contributed by atoms with Gasteiger partial charge in [-0.15, -0.1) is 12.4 Å². The summed E-state index contributed by atoms with van der Waals surface area (Å²) in [5.74, 6) is 1.30. The van der Waals surface area contributed by atoms with Crippen LogP contribution in [-0.2, 0) is 11.2 Å². The van der Waals surface area contributed by atoms with Crippen molar-refractivity contribution in [3.05, 3.63) is 35.6 Å². The zero-order valence-corrected chi connectivity index (χ0v) is 12.9. The molecule has 21 heavy (non-hydrogen) atoms. The van der Waals surface area contributed by atoms with Gasteiger partial charge in [-0.1, -0.05) is 12.1 Å². The first-order chi connectivity index (χ1) is 9.72. The first-order valence-corrected chi connectivity index (χ1v) is 7.45. The average Bonchev–Trinajstić information content (AvgIpc) is 2.77. The molecule has 0 radical (unpaired) electrons. The van der Waals surface area contributed by atoms with Gasteiger partial charge in [-0.2, -0.15) is 0 Å². The van der Waals surface area contributed by atoms with Crippen molar-refractivity contribution in [2.45, 2.75) is 19.3 Å². The zero-order chi connectivity index (χ0) is 13.9. The van der Waals surface area contributed by atoms with Crippen LogP contribution in [0.1, 0.15) is 18.4 Å². The van der Waals surface area contributed by atoms with Crippen molar-refractivity contribution < 1.29 is 9.18 Å². The Morgan fingerprint density at radius 3 is 2.52 bits per heavy atom. The summed E-state index contributed by atoms with van der Waals surface area (Å²) >= 11 is 0. The minimum absolute atomic E-state index is 0. The lowest BCUT2D eigenvalue weighted by atomic mass is 9.92. The maximum Gasteiger partial charge on any atom is 0.226 e. The minimum Gasteiger partial charge on any atom is -0.342 e. The number of benzene rings is 1. The molecule has 3 nitrogen and oxygen atoms in total. The summed E-state index contributed by atoms with van der Waals surface area (Å²) < 4.78 is 13.1. The molecule has 2 atom stereocenters. The van der Waals surface area contributed by atoms with Crippen molar-refractivity contribution in [3.8, 4) is 0 Å². The number of carbonyl (C=O) groups is 1. The van der Waals surface area contributed by atoms with Crippen molar-refractivity contribution in [1.29, 1.82) is 0 Å². The number of amides is 1. The van der Waals surface area contributed by atoms with E-state index >= 15 is 0 Å². The molecule has 1 N–H and O–H groups in total. The van der Waals surface area contributed by atoms with Crippen molar-refractivity contribution in [3.63, 3.8) is 0 Å². The molecule has 2 aliphatic heterocycles. The van der Waals surface area contributed by atoms with E-state index in [2.05, 4.69) is 5.32 Å². The van der Waals surface area contributed by atoms with Gasteiger partial charge in [0.15, 0.2) is 0 Å². The van der Waals surface area contributed by atoms with E-state index in [1.807, 2.05) is 11.0 Å². The highest BCUT2D eigenvalue weighted by atomic mass is 35.5. The van der Waals surface area contributed by atoms with E-state index in [1.54, 1.807) is 6.07 Å². The predicted octanol–water partition coefficient (Wildman–Crippen LogP) is 2.25. The Bertz CT molecular complexity index is 483. The van der Waals surface area contributed by atoms with E-state index in [4.69, 9.17) is 0 Å². The molecular weight excluding hydrogens is 291 g/mol. The second-order valence-corrected chi connectivity index (χ2v) is 5.94. The van der Waals surface area contributed by atoms with Gasteiger partial charge < -0.3 is 10.2 Å². The van der Waals surface area contributed by atoms with Crippen LogP contribution in [0.5, 0.6) is 0 Å². The van der Waals surface area contributed by atoms with Gasteiger partial charge >= 0.3 is 0 Å². The lowest BCUT2D eigenvalue weighted by molar-refractivity contribution is -0.130. The van der Waals surface area contributed by atoms with Crippen LogP contribution >= 0.6 is 12.4 Å². The molecule has 0 spiro atoms. The molecule has 0 bridgehead atoms. The van der Waals surface area contributed by atoms with Gasteiger partial charge in [0.2, 0.25) is 5.91 Å². The molecule has 0 saturated carbocycles. The lowest BCUT2D eigenvalue weighted by Gasteiger charge is -2.21. The summed E-state index contributed by atoms with van der Waals surface area (Å²) in [6.45, 7) is 3.88. The number of likely N-dealkylation sites (tertiary alicyclic amines) is 1. The Balaban J connectivity index is 0.00000161. The SMILES string of the molecule is Cl.O=C(Cc1cccc(F)c1)N1CC[C@@H]2CNC[C@@H]2CC1. The van der Waals surface area contributed by atoms with Gasteiger partial charge in [0.1, 0.15) is 5.82 Å². The molecule has 0 aliphatic carbocycles. The molecule has 2 fully saturated rings. The topological polar surface area (TPSA) is 32.3 Å². The molecule has 2 aliphatic rings. The second-order valence-electron chi connectivity index (χ2n) is 5.94. The zero-order valence-electron chi connectivity index (χ0n) is 12.1. The van der Waals surface area contributed by atoms with Gasteiger partial charge in [0.05, 0.1) is 6.42 Å². The van der Waals surface area contributed by atoms with E-state index in [-0.39, 0.29) is 24.1 Å². The summed E-state index contributed by atoms with van der Waals surface area (Å²) in [5.41, 5.74) is 0.765. The third kappa shape index (κ3) is 3.95. The van der Waals surface area contributed by atoms with E-state index in [0.717, 1.165) is 56.4 Å². The Morgan fingerprint density at radius 1 is 1.24 bits per heavy atom. The monoisotopic (exact) mass is 312 g/mol. The summed E-state index contributed by atoms with van der Waals surface area (Å²) in [7, 11) is 0. The smallest absolute Gasteiger partial charge is 0.226 e. The standard InChI is InChI=1S/C16H21FN2O.ClH/c17-15-3-1-2-12(8-15)9-16(20)19-6-4-13-10-18-11-14(13)5-7-19;/h1-3,8,13-14,18H,4-7,9-11H2;1H/t13-,14+;. The fourth-order valence-corrected chi connectivity index (χ4v) is 3.40. The summed E-state index contributed by atoms with van der Waals surface area (Å²) in [6.07, 6.45) is 2.49. The van der Waals surface area contributed by atoms with E-state index in [0.29, 0.717) is 6.42 Å². The van der Waals surface area contributed by atoms with Gasteiger partial charge in [0.25, 0.3) is 0 Å². The molecule has 116 valence electrons. The quantitative estimate of drug-likeness (QED) is 0.908. The van der Waals surface area contributed by atoms with Crippen LogP contribution in [-0.4, -0.2) is 37.0 Å². The highest BCUT2D eigenvalue weighted by molar-refractivity contribution is 5.85. The minimum atomic E-state index is -0.272. The fourth-order valence-electron chi connectivity index (χ4n) is 3.40. The van der Waals surface area contributed by atoms with Crippen molar-refractivity contribution in [2.24, 2.45) is 11.8 Å². The molecule has 2 heterocycles. The van der Waals surface area contributed by atoms with Crippen molar-refractivity contribution in [1.82, 2.24) is 10.2 Å². The Morgan fingerprint density at radius 2 is 1.90 bits per heavy atom. The van der Waals surface area contributed by atoms with Crippen molar-refractivity contribution >= 4 is 18.3 Å². The number of halogens is 2. The number of carbonyl (C=O) groups excluding carboxylic acids is 1. The van der Waals surface area contributed by atoms with Gasteiger partial charge in [-0.25, -0.2) is 4.39 Å². The second kappa shape index (κ2) is 7.23.